The Morgan fingerprint density at radius 3 is 2.69 bits per heavy atom. The predicted molar refractivity (Wildman–Crippen MR) is 52.0 cm³/mol. The van der Waals surface area contributed by atoms with Crippen molar-refractivity contribution in [1.82, 2.24) is 0 Å². The molecule has 13 heavy (non-hydrogen) atoms. The van der Waals surface area contributed by atoms with Gasteiger partial charge in [-0.2, -0.15) is 0 Å². The second kappa shape index (κ2) is 4.56. The molecule has 0 aliphatic rings. The van der Waals surface area contributed by atoms with Gasteiger partial charge < -0.3 is 11.5 Å². The molecule has 1 aromatic rings. The quantitative estimate of drug-likeness (QED) is 0.786. The third kappa shape index (κ3) is 2.66. The molecule has 0 amide bonds. The molecule has 0 aromatic heterocycles. The lowest BCUT2D eigenvalue weighted by Gasteiger charge is -2.10. The summed E-state index contributed by atoms with van der Waals surface area (Å²) in [6.07, 6.45) is 0.640. The van der Waals surface area contributed by atoms with Crippen molar-refractivity contribution < 1.29 is 4.39 Å². The number of benzene rings is 1. The van der Waals surface area contributed by atoms with E-state index in [1.54, 1.807) is 6.07 Å². The smallest absolute Gasteiger partial charge is 0.142 e. The fraction of sp³-hybridized carbons (Fsp3) is 0.333. The van der Waals surface area contributed by atoms with Crippen LogP contribution >= 0.6 is 11.6 Å². The average molecular weight is 203 g/mol. The van der Waals surface area contributed by atoms with Crippen LogP contribution in [0.25, 0.3) is 0 Å². The van der Waals surface area contributed by atoms with Gasteiger partial charge in [0.25, 0.3) is 0 Å². The highest BCUT2D eigenvalue weighted by Crippen LogP contribution is 2.20. The lowest BCUT2D eigenvalue weighted by molar-refractivity contribution is 0.612. The number of nitrogens with two attached hydrogens (primary N) is 2. The van der Waals surface area contributed by atoms with Gasteiger partial charge in [-0.15, -0.1) is 0 Å². The first-order chi connectivity index (χ1) is 6.15. The minimum absolute atomic E-state index is 0.115. The third-order valence-corrected chi connectivity index (χ3v) is 2.16. The fourth-order valence-corrected chi connectivity index (χ4v) is 1.21. The number of halogens is 2. The van der Waals surface area contributed by atoms with E-state index in [9.17, 15) is 4.39 Å². The maximum atomic E-state index is 13.0. The molecular weight excluding hydrogens is 191 g/mol. The van der Waals surface area contributed by atoms with E-state index in [0.29, 0.717) is 13.0 Å². The third-order valence-electron chi connectivity index (χ3n) is 1.85. The molecular formula is C9H12ClFN2. The van der Waals surface area contributed by atoms with Gasteiger partial charge in [-0.1, -0.05) is 17.7 Å². The topological polar surface area (TPSA) is 52.0 Å². The standard InChI is InChI=1S/C9H12ClFN2/c10-7-2-1-6(5-8(7)11)9(13)3-4-12/h1-2,5,9H,3-4,12-13H2/t9-/m1/s1. The van der Waals surface area contributed by atoms with Crippen molar-refractivity contribution in [3.05, 3.63) is 34.6 Å². The second-order valence-electron chi connectivity index (χ2n) is 2.86. The van der Waals surface area contributed by atoms with Crippen molar-refractivity contribution in [2.45, 2.75) is 12.5 Å². The van der Waals surface area contributed by atoms with E-state index < -0.39 is 5.82 Å². The summed E-state index contributed by atoms with van der Waals surface area (Å²) in [5.41, 5.74) is 11.8. The Morgan fingerprint density at radius 2 is 2.15 bits per heavy atom. The highest BCUT2D eigenvalue weighted by Gasteiger charge is 2.07. The van der Waals surface area contributed by atoms with Crippen LogP contribution in [0.4, 0.5) is 4.39 Å². The maximum Gasteiger partial charge on any atom is 0.142 e. The van der Waals surface area contributed by atoms with E-state index in [1.165, 1.54) is 12.1 Å². The molecule has 0 radical (unpaired) electrons. The molecule has 4 N–H and O–H groups in total. The Bertz CT molecular complexity index is 291. The molecule has 0 aliphatic carbocycles. The molecule has 2 nitrogen and oxygen atoms in total. The highest BCUT2D eigenvalue weighted by atomic mass is 35.5. The van der Waals surface area contributed by atoms with Gasteiger partial charge >= 0.3 is 0 Å². The first-order valence-corrected chi connectivity index (χ1v) is 4.43. The van der Waals surface area contributed by atoms with Crippen LogP contribution in [0.3, 0.4) is 0 Å². The zero-order valence-electron chi connectivity index (χ0n) is 7.13. The van der Waals surface area contributed by atoms with Gasteiger partial charge in [-0.05, 0) is 30.7 Å². The zero-order valence-corrected chi connectivity index (χ0v) is 7.89. The Morgan fingerprint density at radius 1 is 1.46 bits per heavy atom. The normalized spacial score (nSPS) is 12.9. The number of rotatable bonds is 3. The van der Waals surface area contributed by atoms with Crippen LogP contribution in [0.2, 0.25) is 5.02 Å². The second-order valence-corrected chi connectivity index (χ2v) is 3.26. The maximum absolute atomic E-state index is 13.0. The minimum atomic E-state index is -0.438. The van der Waals surface area contributed by atoms with E-state index in [-0.39, 0.29) is 11.1 Å². The monoisotopic (exact) mass is 202 g/mol. The SMILES string of the molecule is NCC[C@@H](N)c1ccc(Cl)c(F)c1. The predicted octanol–water partition coefficient (Wildman–Crippen LogP) is 1.83. The van der Waals surface area contributed by atoms with Crippen LogP contribution in [-0.2, 0) is 0 Å². The van der Waals surface area contributed by atoms with Crippen LogP contribution in [0.15, 0.2) is 18.2 Å². The summed E-state index contributed by atoms with van der Waals surface area (Å²) in [7, 11) is 0. The van der Waals surface area contributed by atoms with Gasteiger partial charge in [0.1, 0.15) is 5.82 Å². The Balaban J connectivity index is 2.84. The molecule has 0 spiro atoms. The van der Waals surface area contributed by atoms with Crippen molar-refractivity contribution in [1.29, 1.82) is 0 Å². The van der Waals surface area contributed by atoms with E-state index >= 15 is 0 Å². The van der Waals surface area contributed by atoms with Gasteiger partial charge in [0.2, 0.25) is 0 Å². The van der Waals surface area contributed by atoms with Crippen LogP contribution in [0.5, 0.6) is 0 Å². The lowest BCUT2D eigenvalue weighted by atomic mass is 10.1. The summed E-state index contributed by atoms with van der Waals surface area (Å²) < 4.78 is 13.0. The van der Waals surface area contributed by atoms with Crippen molar-refractivity contribution >= 4 is 11.6 Å². The molecule has 0 saturated carbocycles. The molecule has 0 saturated heterocycles. The molecule has 1 rings (SSSR count). The first kappa shape index (κ1) is 10.4. The van der Waals surface area contributed by atoms with Crippen LogP contribution in [0, 0.1) is 5.82 Å². The Hall–Kier alpha value is -0.640. The molecule has 0 heterocycles. The van der Waals surface area contributed by atoms with Gasteiger partial charge in [0.15, 0.2) is 0 Å². The summed E-state index contributed by atoms with van der Waals surface area (Å²) in [5.74, 6) is -0.438. The van der Waals surface area contributed by atoms with Gasteiger partial charge in [-0.25, -0.2) is 4.39 Å². The lowest BCUT2D eigenvalue weighted by Crippen LogP contribution is -2.15. The van der Waals surface area contributed by atoms with Gasteiger partial charge in [-0.3, -0.25) is 0 Å². The van der Waals surface area contributed by atoms with Crippen LogP contribution in [-0.4, -0.2) is 6.54 Å². The molecule has 4 heteroatoms. The van der Waals surface area contributed by atoms with E-state index in [0.717, 1.165) is 5.56 Å². The first-order valence-electron chi connectivity index (χ1n) is 4.05. The molecule has 0 unspecified atom stereocenters. The van der Waals surface area contributed by atoms with E-state index in [2.05, 4.69) is 0 Å². The summed E-state index contributed by atoms with van der Waals surface area (Å²) in [6, 6.07) is 4.36. The van der Waals surface area contributed by atoms with Crippen LogP contribution < -0.4 is 11.5 Å². The van der Waals surface area contributed by atoms with Gasteiger partial charge in [0, 0.05) is 6.04 Å². The minimum Gasteiger partial charge on any atom is -0.330 e. The summed E-state index contributed by atoms with van der Waals surface area (Å²) in [4.78, 5) is 0. The number of hydrogen-bond acceptors (Lipinski definition) is 2. The van der Waals surface area contributed by atoms with E-state index in [4.69, 9.17) is 23.1 Å². The largest absolute Gasteiger partial charge is 0.330 e. The van der Waals surface area contributed by atoms with Crippen molar-refractivity contribution in [2.75, 3.05) is 6.54 Å². The molecule has 72 valence electrons. The highest BCUT2D eigenvalue weighted by molar-refractivity contribution is 6.30. The zero-order chi connectivity index (χ0) is 9.84. The molecule has 0 bridgehead atoms. The molecule has 0 fully saturated rings. The Labute approximate surface area is 81.7 Å². The van der Waals surface area contributed by atoms with Gasteiger partial charge in [0.05, 0.1) is 5.02 Å². The molecule has 1 aromatic carbocycles. The van der Waals surface area contributed by atoms with Crippen molar-refractivity contribution in [2.24, 2.45) is 11.5 Å². The van der Waals surface area contributed by atoms with Crippen molar-refractivity contribution in [3.63, 3.8) is 0 Å². The summed E-state index contributed by atoms with van der Waals surface area (Å²) in [6.45, 7) is 0.491. The van der Waals surface area contributed by atoms with E-state index in [1.807, 2.05) is 0 Å². The van der Waals surface area contributed by atoms with Crippen molar-refractivity contribution in [3.8, 4) is 0 Å². The summed E-state index contributed by atoms with van der Waals surface area (Å²) in [5, 5.41) is 0.115. The fourth-order valence-electron chi connectivity index (χ4n) is 1.09. The molecule has 0 aliphatic heterocycles. The van der Waals surface area contributed by atoms with Crippen LogP contribution in [0.1, 0.15) is 18.0 Å². The molecule has 1 atom stereocenters. The number of hydrogen-bond donors (Lipinski definition) is 2. The average Bonchev–Trinajstić information content (AvgIpc) is 2.10. The Kier molecular flexibility index (Phi) is 3.66. The summed E-state index contributed by atoms with van der Waals surface area (Å²) >= 11 is 5.52.